The quantitative estimate of drug-likeness (QED) is 0.679. The zero-order valence-electron chi connectivity index (χ0n) is 16.5. The first-order valence-corrected chi connectivity index (χ1v) is 10.2. The van der Waals surface area contributed by atoms with Crippen LogP contribution in [-0.4, -0.2) is 42.3 Å². The number of rotatable bonds is 3. The Kier molecular flexibility index (Phi) is 4.43. The lowest BCUT2D eigenvalue weighted by atomic mass is 9.64. The van der Waals surface area contributed by atoms with Gasteiger partial charge in [0.25, 0.3) is 5.89 Å². The van der Waals surface area contributed by atoms with Crippen molar-refractivity contribution in [2.45, 2.75) is 44.7 Å². The first kappa shape index (κ1) is 18.9. The zero-order valence-corrected chi connectivity index (χ0v) is 17.3. The highest BCUT2D eigenvalue weighted by atomic mass is 35.5. The normalized spacial score (nSPS) is 25.0. The van der Waals surface area contributed by atoms with Crippen LogP contribution in [0.2, 0.25) is 5.02 Å². The Morgan fingerprint density at radius 2 is 2.20 bits per heavy atom. The molecular weight excluding hydrogens is 406 g/mol. The highest BCUT2D eigenvalue weighted by molar-refractivity contribution is 6.33. The van der Waals surface area contributed by atoms with Crippen molar-refractivity contribution in [3.8, 4) is 11.4 Å². The molecule has 1 aliphatic carbocycles. The molecule has 2 bridgehead atoms. The largest absolute Gasteiger partial charge is 0.337 e. The monoisotopic (exact) mass is 425 g/mol. The minimum Gasteiger partial charge on any atom is -0.337 e. The summed E-state index contributed by atoms with van der Waals surface area (Å²) < 4.78 is 5.49. The molecule has 0 spiro atoms. The van der Waals surface area contributed by atoms with E-state index in [0.29, 0.717) is 39.7 Å². The van der Waals surface area contributed by atoms with Crippen molar-refractivity contribution in [2.75, 3.05) is 5.32 Å². The molecule has 3 aromatic rings. The maximum Gasteiger partial charge on any atom is 0.323 e. The molecular formula is C20H20ClN7O2. The summed E-state index contributed by atoms with van der Waals surface area (Å²) in [6.45, 7) is 3.98. The van der Waals surface area contributed by atoms with Gasteiger partial charge in [-0.2, -0.15) is 10.1 Å². The fraction of sp³-hybridized carbons (Fsp3) is 0.400. The van der Waals surface area contributed by atoms with Crippen LogP contribution in [0, 0.1) is 12.8 Å². The van der Waals surface area contributed by atoms with Gasteiger partial charge < -0.3 is 14.7 Å². The maximum atomic E-state index is 13.3. The van der Waals surface area contributed by atoms with E-state index in [4.69, 9.17) is 16.1 Å². The zero-order chi connectivity index (χ0) is 20.9. The Morgan fingerprint density at radius 1 is 1.33 bits per heavy atom. The Balaban J connectivity index is 1.43. The molecule has 1 aromatic carbocycles. The van der Waals surface area contributed by atoms with Gasteiger partial charge in [-0.3, -0.25) is 0 Å². The summed E-state index contributed by atoms with van der Waals surface area (Å²) in [6, 6.07) is 5.16. The molecule has 5 rings (SSSR count). The summed E-state index contributed by atoms with van der Waals surface area (Å²) >= 11 is 6.31. The second-order valence-corrected chi connectivity index (χ2v) is 8.45. The third-order valence-corrected chi connectivity index (χ3v) is 6.18. The number of nitrogens with zero attached hydrogens (tertiary/aromatic N) is 6. The van der Waals surface area contributed by atoms with Crippen molar-refractivity contribution in [1.82, 2.24) is 30.2 Å². The molecule has 1 saturated carbocycles. The van der Waals surface area contributed by atoms with Crippen molar-refractivity contribution in [1.29, 1.82) is 0 Å². The third kappa shape index (κ3) is 3.00. The average molecular weight is 426 g/mol. The lowest BCUT2D eigenvalue weighted by molar-refractivity contribution is -0.111. The minimum absolute atomic E-state index is 0.148. The minimum atomic E-state index is -0.546. The Morgan fingerprint density at radius 3 is 2.93 bits per heavy atom. The van der Waals surface area contributed by atoms with Crippen molar-refractivity contribution in [3.63, 3.8) is 0 Å². The second kappa shape index (κ2) is 7.02. The molecule has 2 fully saturated rings. The topological polar surface area (TPSA) is 110 Å². The molecule has 154 valence electrons. The third-order valence-electron chi connectivity index (χ3n) is 5.85. The second-order valence-electron chi connectivity index (χ2n) is 8.04. The number of aromatic nitrogens is 5. The van der Waals surface area contributed by atoms with E-state index in [0.717, 1.165) is 19.3 Å². The van der Waals surface area contributed by atoms with E-state index in [9.17, 15) is 4.79 Å². The molecule has 1 saturated heterocycles. The number of halogens is 1. The molecule has 2 aromatic heterocycles. The molecule has 2 amide bonds. The summed E-state index contributed by atoms with van der Waals surface area (Å²) in [7, 11) is 0. The summed E-state index contributed by atoms with van der Waals surface area (Å²) in [5.74, 6) is 1.95. The van der Waals surface area contributed by atoms with Crippen LogP contribution >= 0.6 is 11.6 Å². The lowest BCUT2D eigenvalue weighted by Crippen LogP contribution is -2.70. The van der Waals surface area contributed by atoms with Crippen LogP contribution < -0.4 is 5.32 Å². The van der Waals surface area contributed by atoms with Crippen molar-refractivity contribution in [3.05, 3.63) is 47.3 Å². The van der Waals surface area contributed by atoms with E-state index in [1.165, 1.54) is 6.20 Å². The first-order valence-electron chi connectivity index (χ1n) is 9.81. The van der Waals surface area contributed by atoms with Crippen molar-refractivity contribution in [2.24, 2.45) is 5.92 Å². The van der Waals surface area contributed by atoms with Gasteiger partial charge in [0.2, 0.25) is 0 Å². The van der Waals surface area contributed by atoms with E-state index in [1.807, 2.05) is 4.90 Å². The van der Waals surface area contributed by atoms with Crippen molar-refractivity contribution < 1.29 is 9.32 Å². The predicted octanol–water partition coefficient (Wildman–Crippen LogP) is 3.82. The number of amides is 2. The van der Waals surface area contributed by atoms with Gasteiger partial charge in [-0.25, -0.2) is 9.78 Å². The van der Waals surface area contributed by atoms with E-state index in [1.54, 1.807) is 31.3 Å². The molecule has 3 atom stereocenters. The van der Waals surface area contributed by atoms with Gasteiger partial charge >= 0.3 is 6.03 Å². The number of urea groups is 1. The van der Waals surface area contributed by atoms with Gasteiger partial charge in [0.15, 0.2) is 11.6 Å². The number of hydrogen-bond acceptors (Lipinski definition) is 7. The summed E-state index contributed by atoms with van der Waals surface area (Å²) in [5, 5.41) is 15.3. The molecule has 0 radical (unpaired) electrons. The molecule has 2 aliphatic rings. The number of carbonyl (C=O) groups is 1. The lowest BCUT2D eigenvalue weighted by Gasteiger charge is -2.61. The van der Waals surface area contributed by atoms with Gasteiger partial charge in [-0.05, 0) is 43.9 Å². The van der Waals surface area contributed by atoms with Gasteiger partial charge in [-0.15, -0.1) is 5.10 Å². The Hall–Kier alpha value is -3.07. The molecule has 1 aliphatic heterocycles. The number of aryl methyl sites for hydroxylation is 1. The van der Waals surface area contributed by atoms with Gasteiger partial charge in [-0.1, -0.05) is 23.7 Å². The number of piperidine rings is 1. The summed E-state index contributed by atoms with van der Waals surface area (Å²) in [4.78, 5) is 23.8. The fourth-order valence-electron chi connectivity index (χ4n) is 4.76. The molecule has 9 nitrogen and oxygen atoms in total. The standard InChI is InChI=1S/C20H20ClN7O2/c1-11-7-14-10-20(9-11,18-24-12(2)27-30-18)28(14)19(29)25-13-3-4-16(21)15(8-13)17-22-5-6-23-26-17/h3-6,8,11,14H,7,9-10H2,1-2H3,(H,25,29)/t11-,14-,20+/m0/s1. The predicted molar refractivity (Wildman–Crippen MR) is 109 cm³/mol. The highest BCUT2D eigenvalue weighted by Crippen LogP contribution is 2.55. The van der Waals surface area contributed by atoms with Gasteiger partial charge in [0.05, 0.1) is 11.2 Å². The smallest absolute Gasteiger partial charge is 0.323 e. The Bertz CT molecular complexity index is 1110. The molecule has 1 N–H and O–H groups in total. The van der Waals surface area contributed by atoms with Crippen LogP contribution in [0.25, 0.3) is 11.4 Å². The average Bonchev–Trinajstić information content (AvgIpc) is 3.16. The van der Waals surface area contributed by atoms with Crippen LogP contribution in [0.4, 0.5) is 10.5 Å². The number of fused-ring (bicyclic) bond motifs is 2. The number of benzene rings is 1. The number of likely N-dealkylation sites (tertiary alicyclic amines) is 1. The highest BCUT2D eigenvalue weighted by Gasteiger charge is 2.62. The maximum absolute atomic E-state index is 13.3. The van der Waals surface area contributed by atoms with E-state index < -0.39 is 5.54 Å². The van der Waals surface area contributed by atoms with Crippen LogP contribution in [0.3, 0.4) is 0 Å². The van der Waals surface area contributed by atoms with Crippen LogP contribution in [0.15, 0.2) is 35.1 Å². The van der Waals surface area contributed by atoms with Gasteiger partial charge in [0, 0.05) is 29.9 Å². The Labute approximate surface area is 177 Å². The summed E-state index contributed by atoms with van der Waals surface area (Å²) in [5.41, 5.74) is 0.652. The van der Waals surface area contributed by atoms with Crippen LogP contribution in [-0.2, 0) is 5.54 Å². The first-order chi connectivity index (χ1) is 14.5. The number of carbonyl (C=O) groups excluding carboxylic acids is 1. The van der Waals surface area contributed by atoms with E-state index in [2.05, 4.69) is 37.6 Å². The van der Waals surface area contributed by atoms with Gasteiger partial charge in [0.1, 0.15) is 5.54 Å². The number of anilines is 1. The molecule has 3 heterocycles. The number of hydrogen-bond donors (Lipinski definition) is 1. The van der Waals surface area contributed by atoms with Crippen LogP contribution in [0.5, 0.6) is 0 Å². The van der Waals surface area contributed by atoms with E-state index in [-0.39, 0.29) is 12.1 Å². The molecule has 30 heavy (non-hydrogen) atoms. The molecule has 0 unspecified atom stereocenters. The molecule has 10 heteroatoms. The van der Waals surface area contributed by atoms with E-state index >= 15 is 0 Å². The fourth-order valence-corrected chi connectivity index (χ4v) is 4.97. The summed E-state index contributed by atoms with van der Waals surface area (Å²) in [6.07, 6.45) is 5.63. The SMILES string of the molecule is Cc1noc([C@@]23C[C@@H](C)C[C@@H](C2)N3C(=O)Nc2ccc(Cl)c(-c3nccnn3)c2)n1. The number of nitrogens with one attached hydrogen (secondary N) is 1. The van der Waals surface area contributed by atoms with Crippen molar-refractivity contribution >= 4 is 23.3 Å². The van der Waals surface area contributed by atoms with Crippen LogP contribution in [0.1, 0.15) is 37.9 Å².